The minimum Gasteiger partial charge on any atom is -0.468 e. The van der Waals surface area contributed by atoms with Gasteiger partial charge in [0.05, 0.1) is 19.3 Å². The van der Waals surface area contributed by atoms with Crippen LogP contribution in [0.3, 0.4) is 0 Å². The van der Waals surface area contributed by atoms with Gasteiger partial charge in [0.2, 0.25) is 5.91 Å². The molecule has 13 heteroatoms. The zero-order chi connectivity index (χ0) is 28.1. The molecule has 2 aliphatic rings. The van der Waals surface area contributed by atoms with Crippen LogP contribution in [0.4, 0.5) is 20.7 Å². The van der Waals surface area contributed by atoms with Crippen molar-refractivity contribution < 1.29 is 33.0 Å². The number of rotatable bonds is 10. The number of aromatic nitrogens is 1. The number of hydrogen-bond acceptors (Lipinski definition) is 10. The molecule has 2 amide bonds. The number of benzene rings is 1. The Kier molecular flexibility index (Phi) is 8.72. The lowest BCUT2D eigenvalue weighted by atomic mass is 10.1. The van der Waals surface area contributed by atoms with Crippen molar-refractivity contribution >= 4 is 35.3 Å². The number of amides is 2. The number of primary amides is 1. The van der Waals surface area contributed by atoms with E-state index in [9.17, 15) is 19.2 Å². The summed E-state index contributed by atoms with van der Waals surface area (Å²) in [4.78, 5) is 54.8. The number of esters is 1. The third-order valence-electron chi connectivity index (χ3n) is 6.73. The first-order valence-corrected chi connectivity index (χ1v) is 12.5. The molecule has 2 atom stereocenters. The molecule has 0 radical (unpaired) electrons. The van der Waals surface area contributed by atoms with Crippen LogP contribution in [-0.4, -0.2) is 85.7 Å². The van der Waals surface area contributed by atoms with Crippen LogP contribution in [-0.2, 0) is 23.9 Å². The smallest absolute Gasteiger partial charge is 0.414 e. The number of hydrogen-bond donors (Lipinski definition) is 2. The van der Waals surface area contributed by atoms with E-state index in [4.69, 9.17) is 10.5 Å². The first-order valence-electron chi connectivity index (χ1n) is 12.5. The van der Waals surface area contributed by atoms with Crippen LogP contribution in [0.1, 0.15) is 19.8 Å². The molecular formula is C26H31FN6O6. The maximum Gasteiger partial charge on any atom is 0.414 e. The zero-order valence-electron chi connectivity index (χ0n) is 21.8. The van der Waals surface area contributed by atoms with Crippen LogP contribution in [0, 0.1) is 5.82 Å². The molecule has 2 fully saturated rings. The number of ketones is 1. The molecule has 2 saturated heterocycles. The second-order valence-corrected chi connectivity index (χ2v) is 9.37. The third-order valence-corrected chi connectivity index (χ3v) is 6.73. The number of nitrogens with two attached hydrogens (primary N) is 1. The number of ether oxygens (including phenoxy) is 2. The molecule has 12 nitrogen and oxygen atoms in total. The molecule has 0 spiro atoms. The van der Waals surface area contributed by atoms with Crippen LogP contribution in [0.2, 0.25) is 0 Å². The Labute approximate surface area is 224 Å². The highest BCUT2D eigenvalue weighted by molar-refractivity contribution is 5.90. The van der Waals surface area contributed by atoms with Crippen LogP contribution in [0.15, 0.2) is 36.5 Å². The number of Topliss-reactive ketones (excluding diaryl/α,β-unsaturated/α-hetero) is 1. The summed E-state index contributed by atoms with van der Waals surface area (Å²) in [5.41, 5.74) is 9.31. The summed E-state index contributed by atoms with van der Waals surface area (Å²) in [5, 5.41) is 1.81. The maximum atomic E-state index is 15.1. The molecule has 0 saturated carbocycles. The lowest BCUT2D eigenvalue weighted by Gasteiger charge is -2.40. The van der Waals surface area contributed by atoms with Gasteiger partial charge >= 0.3 is 12.1 Å². The Bertz CT molecular complexity index is 1240. The van der Waals surface area contributed by atoms with Gasteiger partial charge in [-0.15, -0.1) is 0 Å². The predicted octanol–water partition coefficient (Wildman–Crippen LogP) is 1.24. The average Bonchev–Trinajstić information content (AvgIpc) is 3.30. The molecule has 39 heavy (non-hydrogen) atoms. The highest BCUT2D eigenvalue weighted by Crippen LogP contribution is 2.30. The van der Waals surface area contributed by atoms with Crippen molar-refractivity contribution in [2.24, 2.45) is 5.73 Å². The van der Waals surface area contributed by atoms with E-state index in [1.807, 2.05) is 4.90 Å². The van der Waals surface area contributed by atoms with Crippen molar-refractivity contribution in [2.45, 2.75) is 31.9 Å². The standard InChI is InChI=1S/C26H31FN6O6/c1-16(34)22-15-31(30-13-25(36)38-2)9-10-32(22)24-8-3-17(12-29-24)20-6-4-18(11-21(20)27)33-14-19(39-26(33)37)5-7-23(28)35/h3-4,6,8,11-12,19,22,30H,5,7,9-10,13-15H2,1-2H3,(H2,28,35). The van der Waals surface area contributed by atoms with E-state index in [1.165, 1.54) is 31.2 Å². The monoisotopic (exact) mass is 542 g/mol. The highest BCUT2D eigenvalue weighted by atomic mass is 19.1. The van der Waals surface area contributed by atoms with Gasteiger partial charge in [-0.05, 0) is 43.7 Å². The molecule has 0 aliphatic carbocycles. The Morgan fingerprint density at radius 2 is 2.00 bits per heavy atom. The Hall–Kier alpha value is -4.10. The fourth-order valence-electron chi connectivity index (χ4n) is 4.60. The van der Waals surface area contributed by atoms with E-state index >= 15 is 4.39 Å². The number of anilines is 2. The molecule has 1 aromatic carbocycles. The van der Waals surface area contributed by atoms with Gasteiger partial charge in [-0.25, -0.2) is 24.6 Å². The summed E-state index contributed by atoms with van der Waals surface area (Å²) in [5.74, 6) is -0.900. The topological polar surface area (TPSA) is 147 Å². The lowest BCUT2D eigenvalue weighted by molar-refractivity contribution is -0.140. The van der Waals surface area contributed by atoms with Crippen molar-refractivity contribution in [3.8, 4) is 11.1 Å². The normalized spacial score (nSPS) is 19.6. The Morgan fingerprint density at radius 1 is 1.21 bits per heavy atom. The van der Waals surface area contributed by atoms with E-state index < -0.39 is 35.9 Å². The van der Waals surface area contributed by atoms with Crippen molar-refractivity contribution in [1.82, 2.24) is 15.4 Å². The van der Waals surface area contributed by atoms with Crippen molar-refractivity contribution in [1.29, 1.82) is 0 Å². The Balaban J connectivity index is 1.43. The molecule has 3 heterocycles. The first-order chi connectivity index (χ1) is 18.7. The number of piperazine rings is 1. The van der Waals surface area contributed by atoms with Gasteiger partial charge in [0, 0.05) is 43.4 Å². The largest absolute Gasteiger partial charge is 0.468 e. The summed E-state index contributed by atoms with van der Waals surface area (Å²) < 4.78 is 25.0. The van der Waals surface area contributed by atoms with Gasteiger partial charge in [0.25, 0.3) is 0 Å². The molecule has 2 aromatic rings. The number of methoxy groups -OCH3 is 1. The number of cyclic esters (lactones) is 1. The fourth-order valence-corrected chi connectivity index (χ4v) is 4.60. The molecular weight excluding hydrogens is 511 g/mol. The van der Waals surface area contributed by atoms with Crippen LogP contribution in [0.5, 0.6) is 0 Å². The number of halogens is 1. The van der Waals surface area contributed by atoms with Gasteiger partial charge in [-0.1, -0.05) is 0 Å². The Morgan fingerprint density at radius 3 is 2.64 bits per heavy atom. The quantitative estimate of drug-likeness (QED) is 0.420. The minimum absolute atomic E-state index is 0.00719. The van der Waals surface area contributed by atoms with E-state index in [1.54, 1.807) is 29.3 Å². The summed E-state index contributed by atoms with van der Waals surface area (Å²) in [7, 11) is 1.31. The fraction of sp³-hybridized carbons (Fsp3) is 0.423. The van der Waals surface area contributed by atoms with Gasteiger partial charge in [-0.2, -0.15) is 0 Å². The summed E-state index contributed by atoms with van der Waals surface area (Å²) in [6, 6.07) is 7.42. The number of nitrogens with zero attached hydrogens (tertiary/aromatic N) is 4. The van der Waals surface area contributed by atoms with E-state index in [-0.39, 0.29) is 25.3 Å². The number of hydrazine groups is 1. The molecule has 0 bridgehead atoms. The predicted molar refractivity (Wildman–Crippen MR) is 139 cm³/mol. The van der Waals surface area contributed by atoms with E-state index in [0.717, 1.165) is 0 Å². The van der Waals surface area contributed by atoms with Crippen LogP contribution >= 0.6 is 0 Å². The zero-order valence-corrected chi connectivity index (χ0v) is 21.8. The second kappa shape index (κ2) is 12.2. The summed E-state index contributed by atoms with van der Waals surface area (Å²) in [6.45, 7) is 3.09. The molecule has 2 unspecified atom stereocenters. The van der Waals surface area contributed by atoms with Crippen molar-refractivity contribution in [3.63, 3.8) is 0 Å². The third kappa shape index (κ3) is 6.67. The number of carbonyl (C=O) groups excluding carboxylic acids is 4. The molecule has 3 N–H and O–H groups in total. The van der Waals surface area contributed by atoms with E-state index in [2.05, 4.69) is 15.1 Å². The molecule has 208 valence electrons. The van der Waals surface area contributed by atoms with Gasteiger partial charge in [0.1, 0.15) is 30.3 Å². The highest BCUT2D eigenvalue weighted by Gasteiger charge is 2.33. The first kappa shape index (κ1) is 27.9. The van der Waals surface area contributed by atoms with Crippen molar-refractivity contribution in [3.05, 3.63) is 42.3 Å². The second-order valence-electron chi connectivity index (χ2n) is 9.37. The summed E-state index contributed by atoms with van der Waals surface area (Å²) in [6.07, 6.45) is 0.838. The number of nitrogens with one attached hydrogen (secondary N) is 1. The molecule has 2 aliphatic heterocycles. The molecule has 4 rings (SSSR count). The number of pyridine rings is 1. The summed E-state index contributed by atoms with van der Waals surface area (Å²) >= 11 is 0. The minimum atomic E-state index is -0.608. The van der Waals surface area contributed by atoms with Gasteiger partial charge in [-0.3, -0.25) is 19.3 Å². The van der Waals surface area contributed by atoms with Crippen molar-refractivity contribution in [2.75, 3.05) is 49.6 Å². The van der Waals surface area contributed by atoms with Gasteiger partial charge in [0.15, 0.2) is 5.78 Å². The van der Waals surface area contributed by atoms with E-state index in [0.29, 0.717) is 48.7 Å². The lowest BCUT2D eigenvalue weighted by Crippen LogP contribution is -2.60. The van der Waals surface area contributed by atoms with Crippen LogP contribution < -0.4 is 21.0 Å². The van der Waals surface area contributed by atoms with Gasteiger partial charge < -0.3 is 20.1 Å². The number of carbonyl (C=O) groups is 4. The maximum absolute atomic E-state index is 15.1. The SMILES string of the molecule is COC(=O)CNN1CCN(c2ccc(-c3ccc(N4CC(CCC(N)=O)OC4=O)cc3F)cn2)C(C(C)=O)C1. The molecule has 1 aromatic heterocycles. The van der Waals surface area contributed by atoms with Crippen LogP contribution in [0.25, 0.3) is 11.1 Å². The average molecular weight is 543 g/mol.